The number of hydrogen-bond acceptors (Lipinski definition) is 4. The summed E-state index contributed by atoms with van der Waals surface area (Å²) in [6.07, 6.45) is 0.802. The third-order valence-electron chi connectivity index (χ3n) is 4.01. The SMILES string of the molecule is COCc1ccccc1CN=C(N)NCCc1ccc(OC)c(OC)c1. The van der Waals surface area contributed by atoms with Gasteiger partial charge in [-0.25, -0.2) is 4.99 Å². The van der Waals surface area contributed by atoms with Gasteiger partial charge in [-0.1, -0.05) is 30.3 Å². The van der Waals surface area contributed by atoms with Crippen molar-refractivity contribution in [2.24, 2.45) is 10.7 Å². The molecule has 0 amide bonds. The summed E-state index contributed by atoms with van der Waals surface area (Å²) < 4.78 is 15.8. The molecule has 2 aromatic rings. The Hall–Kier alpha value is -2.73. The number of aliphatic imine (C=N–C) groups is 1. The van der Waals surface area contributed by atoms with E-state index in [0.717, 1.165) is 34.6 Å². The van der Waals surface area contributed by atoms with Crippen molar-refractivity contribution < 1.29 is 14.2 Å². The van der Waals surface area contributed by atoms with E-state index in [4.69, 9.17) is 19.9 Å². The predicted molar refractivity (Wildman–Crippen MR) is 104 cm³/mol. The van der Waals surface area contributed by atoms with Crippen LogP contribution in [0.25, 0.3) is 0 Å². The number of guanidine groups is 1. The van der Waals surface area contributed by atoms with Crippen LogP contribution < -0.4 is 20.5 Å². The Morgan fingerprint density at radius 3 is 2.42 bits per heavy atom. The van der Waals surface area contributed by atoms with Gasteiger partial charge in [-0.15, -0.1) is 0 Å². The van der Waals surface area contributed by atoms with Crippen LogP contribution in [0.2, 0.25) is 0 Å². The number of nitrogens with zero attached hydrogens (tertiary/aromatic N) is 1. The number of nitrogens with two attached hydrogens (primary N) is 1. The van der Waals surface area contributed by atoms with E-state index >= 15 is 0 Å². The molecule has 0 heterocycles. The average Bonchev–Trinajstić information content (AvgIpc) is 2.67. The van der Waals surface area contributed by atoms with Crippen molar-refractivity contribution in [3.63, 3.8) is 0 Å². The molecule has 0 atom stereocenters. The van der Waals surface area contributed by atoms with Crippen LogP contribution in [0.1, 0.15) is 16.7 Å². The van der Waals surface area contributed by atoms with Crippen molar-refractivity contribution in [3.05, 3.63) is 59.2 Å². The molecule has 26 heavy (non-hydrogen) atoms. The summed E-state index contributed by atoms with van der Waals surface area (Å²) in [5.74, 6) is 1.87. The van der Waals surface area contributed by atoms with Crippen LogP contribution in [0.15, 0.2) is 47.5 Å². The first-order valence-corrected chi connectivity index (χ1v) is 8.48. The molecule has 0 unspecified atom stereocenters. The maximum absolute atomic E-state index is 5.97. The van der Waals surface area contributed by atoms with Crippen molar-refractivity contribution in [3.8, 4) is 11.5 Å². The van der Waals surface area contributed by atoms with Crippen LogP contribution in [-0.2, 0) is 24.3 Å². The molecule has 0 saturated carbocycles. The second kappa shape index (κ2) is 10.3. The van der Waals surface area contributed by atoms with Gasteiger partial charge in [-0.3, -0.25) is 0 Å². The lowest BCUT2D eigenvalue weighted by Crippen LogP contribution is -2.33. The van der Waals surface area contributed by atoms with Crippen LogP contribution in [0.4, 0.5) is 0 Å². The molecule has 0 saturated heterocycles. The molecule has 0 fully saturated rings. The summed E-state index contributed by atoms with van der Waals surface area (Å²) in [6.45, 7) is 1.78. The standard InChI is InChI=1S/C20H27N3O3/c1-24-14-17-7-5-4-6-16(17)13-23-20(21)22-11-10-15-8-9-18(25-2)19(12-15)26-3/h4-9,12H,10-11,13-14H2,1-3H3,(H3,21,22,23). The minimum absolute atomic E-state index is 0.428. The predicted octanol–water partition coefficient (Wildman–Crippen LogP) is 2.50. The molecule has 2 aromatic carbocycles. The summed E-state index contributed by atoms with van der Waals surface area (Å²) in [7, 11) is 4.94. The number of nitrogens with one attached hydrogen (secondary N) is 1. The second-order valence-electron chi connectivity index (χ2n) is 5.77. The van der Waals surface area contributed by atoms with Gasteiger partial charge in [0.2, 0.25) is 0 Å². The van der Waals surface area contributed by atoms with E-state index in [0.29, 0.717) is 25.7 Å². The van der Waals surface area contributed by atoms with E-state index in [2.05, 4.69) is 10.3 Å². The Balaban J connectivity index is 1.87. The van der Waals surface area contributed by atoms with Crippen molar-refractivity contribution >= 4 is 5.96 Å². The summed E-state index contributed by atoms with van der Waals surface area (Å²) in [5.41, 5.74) is 9.34. The quantitative estimate of drug-likeness (QED) is 0.532. The summed E-state index contributed by atoms with van der Waals surface area (Å²) in [4.78, 5) is 4.41. The Kier molecular flexibility index (Phi) is 7.76. The molecule has 0 aliphatic rings. The number of ether oxygens (including phenoxy) is 3. The molecule has 0 aliphatic heterocycles. The second-order valence-corrected chi connectivity index (χ2v) is 5.77. The summed E-state index contributed by atoms with van der Waals surface area (Å²) in [5, 5.41) is 3.14. The number of hydrogen-bond donors (Lipinski definition) is 2. The zero-order chi connectivity index (χ0) is 18.8. The molecule has 2 rings (SSSR count). The van der Waals surface area contributed by atoms with Crippen LogP contribution in [-0.4, -0.2) is 33.8 Å². The van der Waals surface area contributed by atoms with Gasteiger partial charge in [0.15, 0.2) is 17.5 Å². The van der Waals surface area contributed by atoms with Gasteiger partial charge < -0.3 is 25.3 Å². The third-order valence-corrected chi connectivity index (χ3v) is 4.01. The molecule has 6 nitrogen and oxygen atoms in total. The zero-order valence-electron chi connectivity index (χ0n) is 15.6. The highest BCUT2D eigenvalue weighted by Gasteiger charge is 2.05. The molecule has 140 valence electrons. The van der Waals surface area contributed by atoms with Gasteiger partial charge in [-0.05, 0) is 35.2 Å². The number of methoxy groups -OCH3 is 3. The monoisotopic (exact) mass is 357 g/mol. The Bertz CT molecular complexity index is 732. The zero-order valence-corrected chi connectivity index (χ0v) is 15.6. The highest BCUT2D eigenvalue weighted by Crippen LogP contribution is 2.27. The highest BCUT2D eigenvalue weighted by atomic mass is 16.5. The van der Waals surface area contributed by atoms with Crippen LogP contribution in [0.3, 0.4) is 0 Å². The van der Waals surface area contributed by atoms with Crippen molar-refractivity contribution in [2.75, 3.05) is 27.9 Å². The number of benzene rings is 2. The van der Waals surface area contributed by atoms with Gasteiger partial charge in [0, 0.05) is 13.7 Å². The molecule has 3 N–H and O–H groups in total. The van der Waals surface area contributed by atoms with E-state index in [-0.39, 0.29) is 0 Å². The van der Waals surface area contributed by atoms with E-state index in [1.54, 1.807) is 21.3 Å². The van der Waals surface area contributed by atoms with Gasteiger partial charge in [-0.2, -0.15) is 0 Å². The van der Waals surface area contributed by atoms with Crippen molar-refractivity contribution in [2.45, 2.75) is 19.6 Å². The first-order valence-electron chi connectivity index (χ1n) is 8.48. The summed E-state index contributed by atoms with van der Waals surface area (Å²) in [6, 6.07) is 13.9. The highest BCUT2D eigenvalue weighted by molar-refractivity contribution is 5.77. The van der Waals surface area contributed by atoms with Gasteiger partial charge >= 0.3 is 0 Å². The Morgan fingerprint density at radius 1 is 1.00 bits per heavy atom. The molecule has 0 bridgehead atoms. The molecular formula is C20H27N3O3. The Labute approximate surface area is 155 Å². The maximum Gasteiger partial charge on any atom is 0.188 e. The lowest BCUT2D eigenvalue weighted by Gasteiger charge is -2.10. The fourth-order valence-electron chi connectivity index (χ4n) is 2.61. The molecular weight excluding hydrogens is 330 g/mol. The molecule has 0 radical (unpaired) electrons. The minimum Gasteiger partial charge on any atom is -0.493 e. The molecule has 0 spiro atoms. The molecule has 0 aliphatic carbocycles. The first-order chi connectivity index (χ1) is 12.7. The maximum atomic E-state index is 5.97. The normalized spacial score (nSPS) is 11.3. The average molecular weight is 357 g/mol. The van der Waals surface area contributed by atoms with Crippen LogP contribution >= 0.6 is 0 Å². The van der Waals surface area contributed by atoms with E-state index in [9.17, 15) is 0 Å². The third kappa shape index (κ3) is 5.67. The largest absolute Gasteiger partial charge is 0.493 e. The summed E-state index contributed by atoms with van der Waals surface area (Å²) >= 11 is 0. The minimum atomic E-state index is 0.428. The molecule has 6 heteroatoms. The van der Waals surface area contributed by atoms with E-state index in [1.807, 2.05) is 42.5 Å². The fourth-order valence-corrected chi connectivity index (χ4v) is 2.61. The van der Waals surface area contributed by atoms with Crippen LogP contribution in [0, 0.1) is 0 Å². The number of rotatable bonds is 9. The smallest absolute Gasteiger partial charge is 0.188 e. The van der Waals surface area contributed by atoms with Crippen molar-refractivity contribution in [1.82, 2.24) is 5.32 Å². The van der Waals surface area contributed by atoms with Gasteiger partial charge in [0.25, 0.3) is 0 Å². The van der Waals surface area contributed by atoms with Crippen molar-refractivity contribution in [1.29, 1.82) is 0 Å². The van der Waals surface area contributed by atoms with E-state index in [1.165, 1.54) is 0 Å². The lowest BCUT2D eigenvalue weighted by atomic mass is 10.1. The fraction of sp³-hybridized carbons (Fsp3) is 0.350. The molecule has 0 aromatic heterocycles. The van der Waals surface area contributed by atoms with Gasteiger partial charge in [0.05, 0.1) is 27.4 Å². The topological polar surface area (TPSA) is 78.1 Å². The van der Waals surface area contributed by atoms with E-state index < -0.39 is 0 Å². The lowest BCUT2D eigenvalue weighted by molar-refractivity contribution is 0.184. The first kappa shape index (κ1) is 19.6. The Morgan fingerprint density at radius 2 is 1.73 bits per heavy atom. The van der Waals surface area contributed by atoms with Gasteiger partial charge in [0.1, 0.15) is 0 Å². The van der Waals surface area contributed by atoms with Crippen LogP contribution in [0.5, 0.6) is 11.5 Å².